The largest absolute Gasteiger partial charge is 0.493 e. The summed E-state index contributed by atoms with van der Waals surface area (Å²) in [6.07, 6.45) is 2.91. The van der Waals surface area contributed by atoms with Crippen LogP contribution in [-0.4, -0.2) is 30.3 Å². The molecule has 0 bridgehead atoms. The van der Waals surface area contributed by atoms with Gasteiger partial charge in [0.05, 0.1) is 19.1 Å². The highest BCUT2D eigenvalue weighted by Gasteiger charge is 2.25. The van der Waals surface area contributed by atoms with Gasteiger partial charge in [0, 0.05) is 24.2 Å². The molecule has 2 atom stereocenters. The molecule has 5 nitrogen and oxygen atoms in total. The first-order chi connectivity index (χ1) is 9.65. The first kappa shape index (κ1) is 14.7. The number of hydrogen-bond acceptors (Lipinski definition) is 4. The fourth-order valence-electron chi connectivity index (χ4n) is 2.45. The molecule has 1 aromatic rings. The molecule has 0 spiro atoms. The number of hydrogen-bond donors (Lipinski definition) is 3. The van der Waals surface area contributed by atoms with E-state index < -0.39 is 0 Å². The molecule has 1 saturated carbocycles. The highest BCUT2D eigenvalue weighted by Crippen LogP contribution is 2.24. The number of ether oxygens (including phenoxy) is 1. The van der Waals surface area contributed by atoms with E-state index >= 15 is 0 Å². The maximum absolute atomic E-state index is 11.7. The first-order valence-corrected chi connectivity index (χ1v) is 7.08. The van der Waals surface area contributed by atoms with Crippen LogP contribution in [0.1, 0.15) is 25.7 Å². The van der Waals surface area contributed by atoms with Gasteiger partial charge < -0.3 is 20.9 Å². The van der Waals surface area contributed by atoms with Crippen LogP contribution >= 0.6 is 0 Å². The van der Waals surface area contributed by atoms with E-state index in [9.17, 15) is 9.90 Å². The Morgan fingerprint density at radius 2 is 2.30 bits per heavy atom. The molecule has 5 heteroatoms. The molecule has 110 valence electrons. The summed E-state index contributed by atoms with van der Waals surface area (Å²) in [4.78, 5) is 11.7. The fraction of sp³-hybridized carbons (Fsp3) is 0.533. The summed E-state index contributed by atoms with van der Waals surface area (Å²) in [5.74, 6) is 0.825. The van der Waals surface area contributed by atoms with Crippen molar-refractivity contribution in [3.8, 4) is 5.75 Å². The van der Waals surface area contributed by atoms with E-state index in [0.717, 1.165) is 19.3 Å². The van der Waals surface area contributed by atoms with Crippen molar-refractivity contribution in [3.05, 3.63) is 24.3 Å². The standard InChI is InChI=1S/C15H22N2O3/c16-12-4-2-5-13(9-12)20-8-7-15(19)17-10-11-3-1-6-14(11)18/h2,4-5,9,11,14,18H,1,3,6-8,10,16H2,(H,17,19). The maximum atomic E-state index is 11.7. The van der Waals surface area contributed by atoms with Gasteiger partial charge >= 0.3 is 0 Å². The summed E-state index contributed by atoms with van der Waals surface area (Å²) in [5.41, 5.74) is 6.28. The van der Waals surface area contributed by atoms with Gasteiger partial charge in [0.25, 0.3) is 0 Å². The molecule has 1 fully saturated rings. The SMILES string of the molecule is Nc1cccc(OCCC(=O)NCC2CCCC2O)c1. The minimum absolute atomic E-state index is 0.0481. The Kier molecular flexibility index (Phi) is 5.24. The quantitative estimate of drug-likeness (QED) is 0.685. The second-order valence-corrected chi connectivity index (χ2v) is 5.23. The molecule has 0 saturated heterocycles. The van der Waals surface area contributed by atoms with Crippen molar-refractivity contribution >= 4 is 11.6 Å². The molecular weight excluding hydrogens is 256 g/mol. The molecule has 0 radical (unpaired) electrons. The molecule has 4 N–H and O–H groups in total. The lowest BCUT2D eigenvalue weighted by Gasteiger charge is -2.15. The number of carbonyl (C=O) groups excluding carboxylic acids is 1. The van der Waals surface area contributed by atoms with E-state index in [1.165, 1.54) is 0 Å². The van der Waals surface area contributed by atoms with Crippen LogP contribution in [0.5, 0.6) is 5.75 Å². The van der Waals surface area contributed by atoms with Crippen molar-refractivity contribution < 1.29 is 14.6 Å². The Morgan fingerprint density at radius 3 is 3.00 bits per heavy atom. The third kappa shape index (κ3) is 4.42. The normalized spacial score (nSPS) is 21.6. The number of amides is 1. The summed E-state index contributed by atoms with van der Waals surface area (Å²) >= 11 is 0. The van der Waals surface area contributed by atoms with Gasteiger partial charge in [0.2, 0.25) is 5.91 Å². The Balaban J connectivity index is 1.63. The molecule has 2 unspecified atom stereocenters. The van der Waals surface area contributed by atoms with Crippen molar-refractivity contribution in [1.29, 1.82) is 0 Å². The Labute approximate surface area is 119 Å². The summed E-state index contributed by atoms with van der Waals surface area (Å²) in [6.45, 7) is 0.876. The van der Waals surface area contributed by atoms with Crippen LogP contribution in [0.4, 0.5) is 5.69 Å². The third-order valence-corrected chi connectivity index (χ3v) is 3.64. The van der Waals surface area contributed by atoms with Gasteiger partial charge in [-0.1, -0.05) is 12.5 Å². The highest BCUT2D eigenvalue weighted by molar-refractivity contribution is 5.76. The van der Waals surface area contributed by atoms with Crippen molar-refractivity contribution in [2.75, 3.05) is 18.9 Å². The van der Waals surface area contributed by atoms with Crippen LogP contribution in [0, 0.1) is 5.92 Å². The number of aliphatic hydroxyl groups excluding tert-OH is 1. The van der Waals surface area contributed by atoms with Crippen molar-refractivity contribution in [1.82, 2.24) is 5.32 Å². The van der Waals surface area contributed by atoms with E-state index in [2.05, 4.69) is 5.32 Å². The smallest absolute Gasteiger partial charge is 0.223 e. The minimum Gasteiger partial charge on any atom is -0.493 e. The van der Waals surface area contributed by atoms with E-state index in [0.29, 0.717) is 31.0 Å². The van der Waals surface area contributed by atoms with Crippen LogP contribution in [0.15, 0.2) is 24.3 Å². The topological polar surface area (TPSA) is 84.6 Å². The van der Waals surface area contributed by atoms with Gasteiger partial charge in [0.15, 0.2) is 0 Å². The lowest BCUT2D eigenvalue weighted by molar-refractivity contribution is -0.121. The second-order valence-electron chi connectivity index (χ2n) is 5.23. The number of nitrogens with one attached hydrogen (secondary N) is 1. The van der Waals surface area contributed by atoms with Gasteiger partial charge in [-0.2, -0.15) is 0 Å². The average Bonchev–Trinajstić information content (AvgIpc) is 2.82. The molecule has 0 heterocycles. The van der Waals surface area contributed by atoms with Gasteiger partial charge in [-0.05, 0) is 25.0 Å². The monoisotopic (exact) mass is 278 g/mol. The summed E-state index contributed by atoms with van der Waals surface area (Å²) < 4.78 is 5.46. The highest BCUT2D eigenvalue weighted by atomic mass is 16.5. The van der Waals surface area contributed by atoms with Gasteiger partial charge in [-0.3, -0.25) is 4.79 Å². The Morgan fingerprint density at radius 1 is 1.45 bits per heavy atom. The molecule has 1 aliphatic carbocycles. The molecule has 1 amide bonds. The summed E-state index contributed by atoms with van der Waals surface area (Å²) in [5, 5.41) is 12.5. The zero-order chi connectivity index (χ0) is 14.4. The van der Waals surface area contributed by atoms with Crippen molar-refractivity contribution in [2.45, 2.75) is 31.8 Å². The molecule has 0 aliphatic heterocycles. The number of nitrogen functional groups attached to an aromatic ring is 1. The number of carbonyl (C=O) groups is 1. The van der Waals surface area contributed by atoms with E-state index in [-0.39, 0.29) is 17.9 Å². The molecule has 1 aliphatic rings. The summed E-state index contributed by atoms with van der Waals surface area (Å²) in [7, 11) is 0. The van der Waals surface area contributed by atoms with Gasteiger partial charge in [-0.15, -0.1) is 0 Å². The van der Waals surface area contributed by atoms with Crippen LogP contribution in [-0.2, 0) is 4.79 Å². The first-order valence-electron chi connectivity index (χ1n) is 7.08. The summed E-state index contributed by atoms with van der Waals surface area (Å²) in [6, 6.07) is 7.13. The molecule has 2 rings (SSSR count). The third-order valence-electron chi connectivity index (χ3n) is 3.64. The molecule has 1 aromatic carbocycles. The zero-order valence-corrected chi connectivity index (χ0v) is 11.5. The lowest BCUT2D eigenvalue weighted by Crippen LogP contribution is -2.33. The number of nitrogens with two attached hydrogens (primary N) is 1. The van der Waals surface area contributed by atoms with Gasteiger partial charge in [-0.25, -0.2) is 0 Å². The predicted molar refractivity (Wildman–Crippen MR) is 77.3 cm³/mol. The van der Waals surface area contributed by atoms with Crippen LogP contribution in [0.2, 0.25) is 0 Å². The van der Waals surface area contributed by atoms with Crippen molar-refractivity contribution in [3.63, 3.8) is 0 Å². The van der Waals surface area contributed by atoms with Gasteiger partial charge in [0.1, 0.15) is 5.75 Å². The van der Waals surface area contributed by atoms with Crippen molar-refractivity contribution in [2.24, 2.45) is 5.92 Å². The average molecular weight is 278 g/mol. The van der Waals surface area contributed by atoms with Crippen LogP contribution in [0.25, 0.3) is 0 Å². The van der Waals surface area contributed by atoms with Crippen LogP contribution < -0.4 is 15.8 Å². The molecule has 20 heavy (non-hydrogen) atoms. The number of benzene rings is 1. The predicted octanol–water partition coefficient (Wildman–Crippen LogP) is 1.31. The second kappa shape index (κ2) is 7.14. The number of aliphatic hydroxyl groups is 1. The number of anilines is 1. The lowest BCUT2D eigenvalue weighted by atomic mass is 10.1. The Hall–Kier alpha value is -1.75. The van der Waals surface area contributed by atoms with Crippen LogP contribution in [0.3, 0.4) is 0 Å². The Bertz CT molecular complexity index is 450. The molecule has 0 aromatic heterocycles. The minimum atomic E-state index is -0.265. The maximum Gasteiger partial charge on any atom is 0.223 e. The number of rotatable bonds is 6. The van der Waals surface area contributed by atoms with E-state index in [1.807, 2.05) is 12.1 Å². The van der Waals surface area contributed by atoms with E-state index in [1.54, 1.807) is 12.1 Å². The molecular formula is C15H22N2O3. The zero-order valence-electron chi connectivity index (χ0n) is 11.5. The van der Waals surface area contributed by atoms with E-state index in [4.69, 9.17) is 10.5 Å². The fourth-order valence-corrected chi connectivity index (χ4v) is 2.45.